The first-order valence-electron chi connectivity index (χ1n) is 9.84. The molecule has 158 valence electrons. The van der Waals surface area contributed by atoms with Crippen molar-refractivity contribution in [2.45, 2.75) is 44.1 Å². The number of carbonyl (C=O) groups is 1. The van der Waals surface area contributed by atoms with Crippen LogP contribution in [0.5, 0.6) is 0 Å². The van der Waals surface area contributed by atoms with E-state index in [2.05, 4.69) is 4.90 Å². The van der Waals surface area contributed by atoms with Crippen molar-refractivity contribution in [2.24, 2.45) is 0 Å². The van der Waals surface area contributed by atoms with Crippen molar-refractivity contribution in [1.82, 2.24) is 4.90 Å². The van der Waals surface area contributed by atoms with Crippen LogP contribution in [-0.2, 0) is 4.79 Å². The number of benzene rings is 2. The van der Waals surface area contributed by atoms with E-state index in [1.54, 1.807) is 24.3 Å². The van der Waals surface area contributed by atoms with E-state index >= 15 is 0 Å². The molecular weight excluding hydrogens is 396 g/mol. The lowest BCUT2D eigenvalue weighted by Gasteiger charge is -2.36. The van der Waals surface area contributed by atoms with E-state index in [1.165, 1.54) is 31.2 Å². The van der Waals surface area contributed by atoms with Crippen molar-refractivity contribution in [2.75, 3.05) is 19.6 Å². The van der Waals surface area contributed by atoms with Crippen molar-refractivity contribution >= 4 is 18.2 Å². The van der Waals surface area contributed by atoms with Crippen LogP contribution in [0.25, 0.3) is 0 Å². The normalized spacial score (nSPS) is 16.4. The fourth-order valence-corrected chi connectivity index (χ4v) is 3.93. The van der Waals surface area contributed by atoms with Gasteiger partial charge in [-0.25, -0.2) is 8.78 Å². The van der Waals surface area contributed by atoms with Gasteiger partial charge in [0.2, 0.25) is 0 Å². The molecule has 1 aliphatic rings. The molecule has 1 heterocycles. The second-order valence-electron chi connectivity index (χ2n) is 7.73. The van der Waals surface area contributed by atoms with E-state index in [9.17, 15) is 18.7 Å². The predicted octanol–water partition coefficient (Wildman–Crippen LogP) is 4.71. The topological polar surface area (TPSA) is 40.5 Å². The van der Waals surface area contributed by atoms with Crippen molar-refractivity contribution in [3.63, 3.8) is 0 Å². The first-order valence-corrected chi connectivity index (χ1v) is 9.84. The monoisotopic (exact) mass is 423 g/mol. The van der Waals surface area contributed by atoms with E-state index in [0.717, 1.165) is 30.5 Å². The molecule has 0 amide bonds. The van der Waals surface area contributed by atoms with Crippen LogP contribution in [0, 0.1) is 11.6 Å². The van der Waals surface area contributed by atoms with Crippen LogP contribution < -0.4 is 0 Å². The smallest absolute Gasteiger partial charge is 0.161 e. The molecule has 1 N–H and O–H groups in total. The molecule has 29 heavy (non-hydrogen) atoms. The lowest BCUT2D eigenvalue weighted by molar-refractivity contribution is -0.139. The van der Waals surface area contributed by atoms with Crippen LogP contribution in [0.4, 0.5) is 8.78 Å². The molecule has 0 atom stereocenters. The number of halogens is 3. The minimum absolute atomic E-state index is 0. The van der Waals surface area contributed by atoms with E-state index in [0.29, 0.717) is 25.9 Å². The molecule has 1 fully saturated rings. The summed E-state index contributed by atoms with van der Waals surface area (Å²) in [5.41, 5.74) is 0.858. The summed E-state index contributed by atoms with van der Waals surface area (Å²) in [7, 11) is 0. The van der Waals surface area contributed by atoms with Crippen LogP contribution in [-0.4, -0.2) is 41.0 Å². The lowest BCUT2D eigenvalue weighted by Crippen LogP contribution is -2.48. The van der Waals surface area contributed by atoms with Crippen LogP contribution in [0.2, 0.25) is 0 Å². The van der Waals surface area contributed by atoms with Crippen molar-refractivity contribution in [1.29, 1.82) is 0 Å². The van der Waals surface area contributed by atoms with E-state index in [4.69, 9.17) is 0 Å². The zero-order valence-electron chi connectivity index (χ0n) is 16.6. The maximum absolute atomic E-state index is 13.3. The molecular formula is C23H28ClF2NO2. The number of likely N-dealkylation sites (tertiary alicyclic amines) is 1. The molecule has 0 saturated carbocycles. The molecule has 3 nitrogen and oxygen atoms in total. The van der Waals surface area contributed by atoms with Crippen LogP contribution in [0.15, 0.2) is 48.5 Å². The summed E-state index contributed by atoms with van der Waals surface area (Å²) >= 11 is 0. The Labute approximate surface area is 177 Å². The molecule has 1 saturated heterocycles. The van der Waals surface area contributed by atoms with Gasteiger partial charge < -0.3 is 10.0 Å². The number of Topliss-reactive ketones (excluding diaryl/α,β-unsaturated/α-hetero) is 1. The van der Waals surface area contributed by atoms with Gasteiger partial charge >= 0.3 is 0 Å². The molecule has 3 rings (SSSR count). The largest absolute Gasteiger partial charge is 0.382 e. The second-order valence-corrected chi connectivity index (χ2v) is 7.73. The molecule has 0 radical (unpaired) electrons. The van der Waals surface area contributed by atoms with Gasteiger partial charge in [0.25, 0.3) is 0 Å². The number of carbonyl (C=O) groups excluding carboxylic acids is 1. The summed E-state index contributed by atoms with van der Waals surface area (Å²) in [5, 5.41) is 10.3. The van der Waals surface area contributed by atoms with Gasteiger partial charge in [-0.3, -0.25) is 4.79 Å². The number of piperidine rings is 1. The van der Waals surface area contributed by atoms with E-state index in [-0.39, 0.29) is 35.7 Å². The van der Waals surface area contributed by atoms with Crippen molar-refractivity contribution in [3.8, 4) is 0 Å². The molecule has 2 aromatic rings. The zero-order valence-corrected chi connectivity index (χ0v) is 17.4. The molecule has 2 aromatic carbocycles. The fourth-order valence-electron chi connectivity index (χ4n) is 3.93. The summed E-state index contributed by atoms with van der Waals surface area (Å²) in [6.45, 7) is 3.72. The average Bonchev–Trinajstić information content (AvgIpc) is 2.68. The van der Waals surface area contributed by atoms with Crippen molar-refractivity contribution < 1.29 is 18.7 Å². The van der Waals surface area contributed by atoms with E-state index in [1.807, 2.05) is 0 Å². The van der Waals surface area contributed by atoms with Crippen LogP contribution in [0.3, 0.4) is 0 Å². The Morgan fingerprint density at radius 3 is 1.86 bits per heavy atom. The summed E-state index contributed by atoms with van der Waals surface area (Å²) in [6.07, 6.45) is 2.71. The SMILES string of the molecule is CC(=O)C1(O)CCN(CCCC(c2ccc(F)cc2)c2ccc(F)cc2)CC1.Cl. The van der Waals surface area contributed by atoms with Gasteiger partial charge in [0, 0.05) is 19.0 Å². The predicted molar refractivity (Wildman–Crippen MR) is 112 cm³/mol. The third-order valence-corrected chi connectivity index (χ3v) is 5.85. The molecule has 0 spiro atoms. The Hall–Kier alpha value is -1.82. The molecule has 0 bridgehead atoms. The first kappa shape index (κ1) is 23.5. The molecule has 1 aliphatic heterocycles. The van der Waals surface area contributed by atoms with Gasteiger partial charge in [0.05, 0.1) is 0 Å². The Balaban J connectivity index is 0.00000300. The maximum Gasteiger partial charge on any atom is 0.161 e. The number of hydrogen-bond acceptors (Lipinski definition) is 3. The van der Waals surface area contributed by atoms with Gasteiger partial charge in [-0.05, 0) is 74.5 Å². The molecule has 0 aliphatic carbocycles. The average molecular weight is 424 g/mol. The maximum atomic E-state index is 13.3. The van der Waals surface area contributed by atoms with Gasteiger partial charge in [0.1, 0.15) is 17.2 Å². The summed E-state index contributed by atoms with van der Waals surface area (Å²) < 4.78 is 26.6. The number of rotatable bonds is 7. The van der Waals surface area contributed by atoms with Gasteiger partial charge in [-0.1, -0.05) is 24.3 Å². The highest BCUT2D eigenvalue weighted by atomic mass is 35.5. The lowest BCUT2D eigenvalue weighted by atomic mass is 9.86. The zero-order chi connectivity index (χ0) is 20.1. The van der Waals surface area contributed by atoms with Crippen molar-refractivity contribution in [3.05, 3.63) is 71.3 Å². The third-order valence-electron chi connectivity index (χ3n) is 5.85. The molecule has 0 aromatic heterocycles. The summed E-state index contributed by atoms with van der Waals surface area (Å²) in [6, 6.07) is 13.0. The quantitative estimate of drug-likeness (QED) is 0.700. The summed E-state index contributed by atoms with van der Waals surface area (Å²) in [5.74, 6) is -0.624. The minimum atomic E-state index is -1.17. The Bertz CT molecular complexity index is 742. The number of aliphatic hydroxyl groups is 1. The molecule has 0 unspecified atom stereocenters. The highest BCUT2D eigenvalue weighted by molar-refractivity contribution is 5.85. The minimum Gasteiger partial charge on any atom is -0.382 e. The first-order chi connectivity index (χ1) is 13.4. The van der Waals surface area contributed by atoms with Gasteiger partial charge in [0.15, 0.2) is 5.78 Å². The Morgan fingerprint density at radius 2 is 1.45 bits per heavy atom. The summed E-state index contributed by atoms with van der Waals surface area (Å²) in [4.78, 5) is 13.8. The Morgan fingerprint density at radius 1 is 1.00 bits per heavy atom. The molecule has 6 heteroatoms. The van der Waals surface area contributed by atoms with Crippen LogP contribution >= 0.6 is 12.4 Å². The van der Waals surface area contributed by atoms with Crippen LogP contribution in [0.1, 0.15) is 49.7 Å². The highest BCUT2D eigenvalue weighted by Crippen LogP contribution is 2.30. The third kappa shape index (κ3) is 6.08. The Kier molecular flexibility index (Phi) is 8.32. The second kappa shape index (κ2) is 10.3. The van der Waals surface area contributed by atoms with E-state index < -0.39 is 5.60 Å². The van der Waals surface area contributed by atoms with Gasteiger partial charge in [-0.15, -0.1) is 12.4 Å². The number of nitrogens with zero attached hydrogens (tertiary/aromatic N) is 1. The standard InChI is InChI=1S/C23H27F2NO2.ClH/c1-17(27)23(28)12-15-26(16-13-23)14-2-3-22(18-4-8-20(24)9-5-18)19-6-10-21(25)11-7-19;/h4-11,22,28H,2-3,12-16H2,1H3;1H. The number of ketones is 1. The number of hydrogen-bond donors (Lipinski definition) is 1. The highest BCUT2D eigenvalue weighted by Gasteiger charge is 2.36. The fraction of sp³-hybridized carbons (Fsp3) is 0.435. The van der Waals surface area contributed by atoms with Gasteiger partial charge in [-0.2, -0.15) is 0 Å².